The Balaban J connectivity index is 1.61. The number of aromatic nitrogens is 1. The van der Waals surface area contributed by atoms with Gasteiger partial charge in [0.25, 0.3) is 0 Å². The molecule has 3 fully saturated rings. The smallest absolute Gasteiger partial charge is 0.133 e. The SMILES string of the molecule is Clc1cc(N2CC3CC2CO3)cc(N2CCOCC2)n1. The predicted octanol–water partition coefficient (Wildman–Crippen LogP) is 1.55. The van der Waals surface area contributed by atoms with Crippen LogP contribution < -0.4 is 9.80 Å². The monoisotopic (exact) mass is 295 g/mol. The number of hydrogen-bond acceptors (Lipinski definition) is 5. The van der Waals surface area contributed by atoms with E-state index in [-0.39, 0.29) is 0 Å². The van der Waals surface area contributed by atoms with Gasteiger partial charge in [-0.1, -0.05) is 11.6 Å². The molecule has 2 atom stereocenters. The molecule has 1 aromatic rings. The van der Waals surface area contributed by atoms with Gasteiger partial charge in [-0.3, -0.25) is 0 Å². The van der Waals surface area contributed by atoms with Crippen LogP contribution in [0.2, 0.25) is 5.15 Å². The molecule has 2 unspecified atom stereocenters. The quantitative estimate of drug-likeness (QED) is 0.774. The fourth-order valence-corrected chi connectivity index (χ4v) is 3.50. The summed E-state index contributed by atoms with van der Waals surface area (Å²) in [5.41, 5.74) is 1.17. The fourth-order valence-electron chi connectivity index (χ4n) is 3.31. The second kappa shape index (κ2) is 5.06. The molecule has 20 heavy (non-hydrogen) atoms. The summed E-state index contributed by atoms with van der Waals surface area (Å²) in [5.74, 6) is 0.958. The normalized spacial score (nSPS) is 29.2. The summed E-state index contributed by atoms with van der Waals surface area (Å²) in [6.07, 6.45) is 1.52. The average molecular weight is 296 g/mol. The third kappa shape index (κ3) is 2.24. The van der Waals surface area contributed by atoms with Gasteiger partial charge in [0.1, 0.15) is 11.0 Å². The summed E-state index contributed by atoms with van der Waals surface area (Å²) in [6.45, 7) is 5.06. The first-order valence-electron chi connectivity index (χ1n) is 7.18. The van der Waals surface area contributed by atoms with E-state index in [2.05, 4.69) is 20.9 Å². The fraction of sp³-hybridized carbons (Fsp3) is 0.643. The number of ether oxygens (including phenoxy) is 2. The molecule has 3 saturated heterocycles. The van der Waals surface area contributed by atoms with Gasteiger partial charge in [0.05, 0.1) is 32.0 Å². The van der Waals surface area contributed by atoms with Gasteiger partial charge >= 0.3 is 0 Å². The van der Waals surface area contributed by atoms with Crippen molar-refractivity contribution in [2.24, 2.45) is 0 Å². The lowest BCUT2D eigenvalue weighted by Gasteiger charge is -2.32. The van der Waals surface area contributed by atoms with Crippen LogP contribution in [0.15, 0.2) is 12.1 Å². The van der Waals surface area contributed by atoms with Crippen molar-refractivity contribution in [2.75, 3.05) is 49.3 Å². The Kier molecular flexibility index (Phi) is 3.21. The summed E-state index contributed by atoms with van der Waals surface area (Å²) in [7, 11) is 0. The van der Waals surface area contributed by atoms with Gasteiger partial charge in [0.15, 0.2) is 0 Å². The van der Waals surface area contributed by atoms with Gasteiger partial charge in [0.2, 0.25) is 0 Å². The van der Waals surface area contributed by atoms with Crippen molar-refractivity contribution in [2.45, 2.75) is 18.6 Å². The highest BCUT2D eigenvalue weighted by atomic mass is 35.5. The van der Waals surface area contributed by atoms with Crippen LogP contribution in [0.3, 0.4) is 0 Å². The zero-order valence-electron chi connectivity index (χ0n) is 11.3. The molecular weight excluding hydrogens is 278 g/mol. The van der Waals surface area contributed by atoms with Crippen LogP contribution in [0.1, 0.15) is 6.42 Å². The van der Waals surface area contributed by atoms with Crippen molar-refractivity contribution in [1.29, 1.82) is 0 Å². The molecule has 0 N–H and O–H groups in total. The van der Waals surface area contributed by atoms with Gasteiger partial charge in [-0.05, 0) is 12.5 Å². The molecule has 2 bridgehead atoms. The summed E-state index contributed by atoms with van der Waals surface area (Å²) in [4.78, 5) is 9.12. The largest absolute Gasteiger partial charge is 0.378 e. The van der Waals surface area contributed by atoms with Crippen molar-refractivity contribution >= 4 is 23.1 Å². The van der Waals surface area contributed by atoms with Gasteiger partial charge in [-0.25, -0.2) is 4.98 Å². The second-order valence-electron chi connectivity index (χ2n) is 5.60. The molecule has 0 saturated carbocycles. The summed E-state index contributed by atoms with van der Waals surface area (Å²) in [5, 5.41) is 0.563. The van der Waals surface area contributed by atoms with Crippen LogP contribution in [0.4, 0.5) is 11.5 Å². The zero-order valence-corrected chi connectivity index (χ0v) is 12.1. The lowest BCUT2D eigenvalue weighted by molar-refractivity contribution is 0.0991. The Morgan fingerprint density at radius 2 is 2.10 bits per heavy atom. The summed E-state index contributed by atoms with van der Waals surface area (Å²) >= 11 is 6.22. The highest BCUT2D eigenvalue weighted by Gasteiger charge is 2.39. The van der Waals surface area contributed by atoms with E-state index in [1.54, 1.807) is 0 Å². The molecule has 3 aliphatic heterocycles. The number of nitrogens with zero attached hydrogens (tertiary/aromatic N) is 3. The molecule has 3 aliphatic rings. The molecule has 0 amide bonds. The van der Waals surface area contributed by atoms with E-state index < -0.39 is 0 Å². The number of halogens is 1. The number of morpholine rings is 2. The maximum Gasteiger partial charge on any atom is 0.133 e. The second-order valence-corrected chi connectivity index (χ2v) is 5.99. The van der Waals surface area contributed by atoms with E-state index in [1.165, 1.54) is 5.69 Å². The minimum Gasteiger partial charge on any atom is -0.378 e. The molecule has 0 aliphatic carbocycles. The number of anilines is 2. The Morgan fingerprint density at radius 1 is 1.25 bits per heavy atom. The molecule has 0 spiro atoms. The minimum atomic E-state index is 0.388. The lowest BCUT2D eigenvalue weighted by Crippen LogP contribution is -2.38. The maximum atomic E-state index is 6.22. The summed E-state index contributed by atoms with van der Waals surface area (Å²) in [6, 6.07) is 4.61. The molecule has 6 heteroatoms. The Morgan fingerprint density at radius 3 is 2.80 bits per heavy atom. The Bertz CT molecular complexity index is 507. The zero-order chi connectivity index (χ0) is 13.5. The molecule has 4 rings (SSSR count). The predicted molar refractivity (Wildman–Crippen MR) is 77.8 cm³/mol. The van der Waals surface area contributed by atoms with Crippen LogP contribution in [0.25, 0.3) is 0 Å². The molecule has 0 radical (unpaired) electrons. The number of hydrogen-bond donors (Lipinski definition) is 0. The molecule has 1 aromatic heterocycles. The maximum absolute atomic E-state index is 6.22. The molecular formula is C14H18ClN3O2. The van der Waals surface area contributed by atoms with Crippen molar-refractivity contribution in [3.05, 3.63) is 17.3 Å². The lowest BCUT2D eigenvalue weighted by atomic mass is 10.2. The van der Waals surface area contributed by atoms with E-state index in [4.69, 9.17) is 21.1 Å². The van der Waals surface area contributed by atoms with Crippen LogP contribution in [-0.2, 0) is 9.47 Å². The standard InChI is InChI=1S/C14H18ClN3O2/c15-13-6-10(18-8-12-5-11(18)9-20-12)7-14(16-13)17-1-3-19-4-2-17/h6-7,11-12H,1-5,8-9H2. The third-order valence-corrected chi connectivity index (χ3v) is 4.53. The van der Waals surface area contributed by atoms with Crippen LogP contribution in [0, 0.1) is 0 Å². The van der Waals surface area contributed by atoms with Crippen LogP contribution in [-0.4, -0.2) is 56.6 Å². The van der Waals surface area contributed by atoms with E-state index >= 15 is 0 Å². The van der Waals surface area contributed by atoms with Crippen molar-refractivity contribution in [3.63, 3.8) is 0 Å². The van der Waals surface area contributed by atoms with E-state index in [0.717, 1.165) is 51.7 Å². The van der Waals surface area contributed by atoms with Crippen molar-refractivity contribution < 1.29 is 9.47 Å². The summed E-state index contributed by atoms with van der Waals surface area (Å²) < 4.78 is 11.1. The Labute approximate surface area is 123 Å². The van der Waals surface area contributed by atoms with Gasteiger partial charge in [-0.15, -0.1) is 0 Å². The first kappa shape index (κ1) is 12.7. The van der Waals surface area contributed by atoms with Crippen molar-refractivity contribution in [3.8, 4) is 0 Å². The van der Waals surface area contributed by atoms with E-state index in [9.17, 15) is 0 Å². The first-order valence-corrected chi connectivity index (χ1v) is 7.56. The van der Waals surface area contributed by atoms with Gasteiger partial charge in [-0.2, -0.15) is 0 Å². The van der Waals surface area contributed by atoms with E-state index in [1.807, 2.05) is 6.07 Å². The molecule has 108 valence electrons. The number of fused-ring (bicyclic) bond motifs is 2. The average Bonchev–Trinajstić information content (AvgIpc) is 3.10. The number of pyridine rings is 1. The molecule has 0 aromatic carbocycles. The third-order valence-electron chi connectivity index (χ3n) is 4.33. The highest BCUT2D eigenvalue weighted by molar-refractivity contribution is 6.29. The van der Waals surface area contributed by atoms with Gasteiger partial charge in [0, 0.05) is 31.4 Å². The highest BCUT2D eigenvalue weighted by Crippen LogP contribution is 2.35. The van der Waals surface area contributed by atoms with Crippen LogP contribution >= 0.6 is 11.6 Å². The number of rotatable bonds is 2. The minimum absolute atomic E-state index is 0.388. The van der Waals surface area contributed by atoms with Crippen molar-refractivity contribution in [1.82, 2.24) is 4.98 Å². The molecule has 5 nitrogen and oxygen atoms in total. The Hall–Kier alpha value is -1.04. The van der Waals surface area contributed by atoms with Gasteiger partial charge < -0.3 is 19.3 Å². The molecule has 4 heterocycles. The van der Waals surface area contributed by atoms with Crippen LogP contribution in [0.5, 0.6) is 0 Å². The first-order chi connectivity index (χ1) is 9.79. The topological polar surface area (TPSA) is 37.8 Å². The van der Waals surface area contributed by atoms with E-state index in [0.29, 0.717) is 17.3 Å².